The number of aromatic amines is 1. The van der Waals surface area contributed by atoms with E-state index in [1.165, 1.54) is 12.1 Å². The molecule has 1 aromatic carbocycles. The van der Waals surface area contributed by atoms with Crippen LogP contribution in [0, 0.1) is 13.8 Å². The summed E-state index contributed by atoms with van der Waals surface area (Å²) in [5, 5.41) is 17.7. The fourth-order valence-electron chi connectivity index (χ4n) is 1.65. The Morgan fingerprint density at radius 1 is 1.41 bits per heavy atom. The summed E-state index contributed by atoms with van der Waals surface area (Å²) in [6.07, 6.45) is 0.850. The molecule has 0 fully saturated rings. The van der Waals surface area contributed by atoms with Crippen molar-refractivity contribution < 1.29 is 4.92 Å². The van der Waals surface area contributed by atoms with Gasteiger partial charge in [0.1, 0.15) is 3.70 Å². The molecule has 0 saturated carbocycles. The molecule has 6 heteroatoms. The second kappa shape index (κ2) is 4.82. The molecule has 0 aliphatic rings. The van der Waals surface area contributed by atoms with Gasteiger partial charge < -0.3 is 0 Å². The highest BCUT2D eigenvalue weighted by Crippen LogP contribution is 2.28. The number of aryl methyl sites for hydroxylation is 1. The second-order valence-electron chi connectivity index (χ2n) is 3.53. The number of rotatable bonds is 3. The maximum Gasteiger partial charge on any atom is 0.269 e. The standard InChI is InChI=1S/C11H10IN3O2/c1-2-9-10(11(12)14-13-9)7-3-5-8(6-4-7)15(16)17/h3-6H,2H2,1H3,(H,13,14). The fraction of sp³-hybridized carbons (Fsp3) is 0.182. The molecule has 0 bridgehead atoms. The molecule has 1 aromatic heterocycles. The third kappa shape index (κ3) is 2.31. The van der Waals surface area contributed by atoms with Crippen molar-refractivity contribution in [3.8, 4) is 11.1 Å². The monoisotopic (exact) mass is 343 g/mol. The first-order chi connectivity index (χ1) is 8.13. The minimum Gasteiger partial charge on any atom is -0.281 e. The SMILES string of the molecule is CCc1[nH]nc(I)c1-c1ccc([N+](=O)[O-])cc1. The smallest absolute Gasteiger partial charge is 0.269 e. The van der Waals surface area contributed by atoms with Crippen LogP contribution >= 0.6 is 22.6 Å². The van der Waals surface area contributed by atoms with Crippen molar-refractivity contribution in [1.82, 2.24) is 10.2 Å². The molecule has 0 atom stereocenters. The molecule has 0 radical (unpaired) electrons. The predicted molar refractivity (Wildman–Crippen MR) is 72.8 cm³/mol. The molecule has 1 heterocycles. The third-order valence-electron chi connectivity index (χ3n) is 2.52. The summed E-state index contributed by atoms with van der Waals surface area (Å²) in [5.41, 5.74) is 3.13. The molecule has 0 amide bonds. The maximum atomic E-state index is 10.6. The minimum absolute atomic E-state index is 0.102. The Balaban J connectivity index is 2.46. The lowest BCUT2D eigenvalue weighted by molar-refractivity contribution is -0.384. The first-order valence-electron chi connectivity index (χ1n) is 5.11. The maximum absolute atomic E-state index is 10.6. The summed E-state index contributed by atoms with van der Waals surface area (Å²) in [6.45, 7) is 2.04. The number of hydrogen-bond acceptors (Lipinski definition) is 3. The van der Waals surface area contributed by atoms with Gasteiger partial charge in [0.05, 0.1) is 4.92 Å². The van der Waals surface area contributed by atoms with Crippen LogP contribution in [0.5, 0.6) is 0 Å². The van der Waals surface area contributed by atoms with Gasteiger partial charge in [0.2, 0.25) is 0 Å². The van der Waals surface area contributed by atoms with Crippen LogP contribution in [0.3, 0.4) is 0 Å². The van der Waals surface area contributed by atoms with Gasteiger partial charge in [-0.1, -0.05) is 6.92 Å². The summed E-state index contributed by atoms with van der Waals surface area (Å²) in [6, 6.07) is 6.53. The highest BCUT2D eigenvalue weighted by molar-refractivity contribution is 14.1. The quantitative estimate of drug-likeness (QED) is 0.529. The van der Waals surface area contributed by atoms with E-state index in [-0.39, 0.29) is 5.69 Å². The average Bonchev–Trinajstić information content (AvgIpc) is 2.70. The number of benzene rings is 1. The molecule has 0 spiro atoms. The summed E-state index contributed by atoms with van der Waals surface area (Å²) >= 11 is 2.15. The number of non-ortho nitro benzene ring substituents is 1. The van der Waals surface area contributed by atoms with Crippen LogP contribution in [0.15, 0.2) is 24.3 Å². The Morgan fingerprint density at radius 3 is 2.59 bits per heavy atom. The van der Waals surface area contributed by atoms with Crippen molar-refractivity contribution in [3.63, 3.8) is 0 Å². The highest BCUT2D eigenvalue weighted by atomic mass is 127. The number of nitrogens with zero attached hydrogens (tertiary/aromatic N) is 2. The van der Waals surface area contributed by atoms with Gasteiger partial charge in [-0.2, -0.15) is 5.10 Å². The lowest BCUT2D eigenvalue weighted by atomic mass is 10.1. The van der Waals surface area contributed by atoms with Gasteiger partial charge in [0, 0.05) is 23.4 Å². The van der Waals surface area contributed by atoms with Crippen LogP contribution in [0.1, 0.15) is 12.6 Å². The van der Waals surface area contributed by atoms with Crippen molar-refractivity contribution in [2.45, 2.75) is 13.3 Å². The highest BCUT2D eigenvalue weighted by Gasteiger charge is 2.13. The van der Waals surface area contributed by atoms with E-state index in [0.717, 1.165) is 26.9 Å². The lowest BCUT2D eigenvalue weighted by Crippen LogP contribution is -1.89. The third-order valence-corrected chi connectivity index (χ3v) is 3.30. The van der Waals surface area contributed by atoms with Gasteiger partial charge >= 0.3 is 0 Å². The van der Waals surface area contributed by atoms with Crippen LogP contribution in [0.4, 0.5) is 5.69 Å². The van der Waals surface area contributed by atoms with E-state index in [1.54, 1.807) is 12.1 Å². The Hall–Kier alpha value is -1.44. The van der Waals surface area contributed by atoms with Gasteiger partial charge in [-0.15, -0.1) is 0 Å². The van der Waals surface area contributed by atoms with E-state index in [1.807, 2.05) is 6.92 Å². The molecule has 5 nitrogen and oxygen atoms in total. The summed E-state index contributed by atoms with van der Waals surface area (Å²) in [5.74, 6) is 0. The van der Waals surface area contributed by atoms with E-state index >= 15 is 0 Å². The number of hydrogen-bond donors (Lipinski definition) is 1. The van der Waals surface area contributed by atoms with E-state index in [4.69, 9.17) is 0 Å². The molecule has 0 unspecified atom stereocenters. The Labute approximate surface area is 112 Å². The number of nitrogens with one attached hydrogen (secondary N) is 1. The number of nitro groups is 1. The molecule has 1 N–H and O–H groups in total. The van der Waals surface area contributed by atoms with Crippen LogP contribution in [-0.4, -0.2) is 15.1 Å². The second-order valence-corrected chi connectivity index (χ2v) is 4.55. The van der Waals surface area contributed by atoms with Crippen LogP contribution < -0.4 is 0 Å². The van der Waals surface area contributed by atoms with E-state index in [2.05, 4.69) is 32.8 Å². The van der Waals surface area contributed by atoms with Gasteiger partial charge in [-0.05, 0) is 46.7 Å². The Bertz CT molecular complexity index is 548. The number of aromatic nitrogens is 2. The van der Waals surface area contributed by atoms with E-state index in [0.29, 0.717) is 0 Å². The van der Waals surface area contributed by atoms with E-state index < -0.39 is 4.92 Å². The Morgan fingerprint density at radius 2 is 2.06 bits per heavy atom. The first kappa shape index (κ1) is 12.0. The molecule has 0 aliphatic heterocycles. The molecule has 0 aliphatic carbocycles. The molecule has 0 saturated heterocycles. The molecule has 88 valence electrons. The van der Waals surface area contributed by atoms with Crippen molar-refractivity contribution in [2.24, 2.45) is 0 Å². The van der Waals surface area contributed by atoms with E-state index in [9.17, 15) is 10.1 Å². The largest absolute Gasteiger partial charge is 0.281 e. The number of nitro benzene ring substituents is 1. The van der Waals surface area contributed by atoms with Crippen LogP contribution in [0.2, 0.25) is 0 Å². The molecular formula is C11H10IN3O2. The molecule has 17 heavy (non-hydrogen) atoms. The first-order valence-corrected chi connectivity index (χ1v) is 6.19. The average molecular weight is 343 g/mol. The zero-order valence-corrected chi connectivity index (χ0v) is 11.3. The summed E-state index contributed by atoms with van der Waals surface area (Å²) in [7, 11) is 0. The summed E-state index contributed by atoms with van der Waals surface area (Å²) < 4.78 is 0.883. The van der Waals surface area contributed by atoms with Crippen molar-refractivity contribution in [3.05, 3.63) is 43.8 Å². The zero-order chi connectivity index (χ0) is 12.4. The van der Waals surface area contributed by atoms with Gasteiger partial charge in [0.15, 0.2) is 0 Å². The van der Waals surface area contributed by atoms with Crippen molar-refractivity contribution in [1.29, 1.82) is 0 Å². The summed E-state index contributed by atoms with van der Waals surface area (Å²) in [4.78, 5) is 10.2. The van der Waals surface area contributed by atoms with Gasteiger partial charge in [-0.25, -0.2) is 0 Å². The lowest BCUT2D eigenvalue weighted by Gasteiger charge is -2.01. The van der Waals surface area contributed by atoms with Crippen LogP contribution in [0.25, 0.3) is 11.1 Å². The minimum atomic E-state index is -0.398. The molecule has 2 aromatic rings. The Kier molecular flexibility index (Phi) is 3.41. The van der Waals surface area contributed by atoms with Crippen molar-refractivity contribution >= 4 is 28.3 Å². The molecule has 2 rings (SSSR count). The normalized spacial score (nSPS) is 10.5. The predicted octanol–water partition coefficient (Wildman–Crippen LogP) is 3.15. The number of H-pyrrole nitrogens is 1. The zero-order valence-electron chi connectivity index (χ0n) is 9.11. The van der Waals surface area contributed by atoms with Crippen molar-refractivity contribution in [2.75, 3.05) is 0 Å². The fourth-order valence-corrected chi connectivity index (χ4v) is 2.41. The number of halogens is 1. The van der Waals surface area contributed by atoms with Crippen LogP contribution in [-0.2, 0) is 6.42 Å². The topological polar surface area (TPSA) is 71.8 Å². The molecular weight excluding hydrogens is 333 g/mol. The van der Waals surface area contributed by atoms with Gasteiger partial charge in [0.25, 0.3) is 5.69 Å². The van der Waals surface area contributed by atoms with Gasteiger partial charge in [-0.3, -0.25) is 15.2 Å².